The Bertz CT molecular complexity index is 1530. The Morgan fingerprint density at radius 3 is 0.808 bits per heavy atom. The smallest absolute Gasteiger partial charge is 0.306 e. The summed E-state index contributed by atoms with van der Waals surface area (Å²) < 4.78 is 16.9. The van der Waals surface area contributed by atoms with Crippen molar-refractivity contribution in [2.24, 2.45) is 0 Å². The van der Waals surface area contributed by atoms with Gasteiger partial charge in [-0.15, -0.1) is 0 Å². The molecule has 0 aromatic rings. The zero-order chi connectivity index (χ0) is 56.4. The third-order valence-electron chi connectivity index (χ3n) is 14.3. The highest BCUT2D eigenvalue weighted by Crippen LogP contribution is 2.17. The summed E-state index contributed by atoms with van der Waals surface area (Å²) in [6.07, 6.45) is 88.4. The van der Waals surface area contributed by atoms with Crippen molar-refractivity contribution in [3.8, 4) is 0 Å². The summed E-state index contributed by atoms with van der Waals surface area (Å²) in [6, 6.07) is 0. The van der Waals surface area contributed by atoms with Gasteiger partial charge in [0.2, 0.25) is 0 Å². The lowest BCUT2D eigenvalue weighted by Crippen LogP contribution is -2.30. The van der Waals surface area contributed by atoms with E-state index in [2.05, 4.69) is 118 Å². The van der Waals surface area contributed by atoms with Gasteiger partial charge in [-0.25, -0.2) is 0 Å². The van der Waals surface area contributed by atoms with Crippen LogP contribution < -0.4 is 0 Å². The molecule has 0 heterocycles. The van der Waals surface area contributed by atoms with Crippen LogP contribution in [0.25, 0.3) is 0 Å². The van der Waals surface area contributed by atoms with Gasteiger partial charge in [0, 0.05) is 19.3 Å². The molecule has 6 heteroatoms. The number of hydrogen-bond donors (Lipinski definition) is 0. The van der Waals surface area contributed by atoms with Crippen LogP contribution in [0.4, 0.5) is 0 Å². The Kier molecular flexibility index (Phi) is 62.7. The molecule has 0 fully saturated rings. The van der Waals surface area contributed by atoms with Crippen LogP contribution in [-0.4, -0.2) is 37.2 Å². The second-order valence-corrected chi connectivity index (χ2v) is 22.0. The number of hydrogen-bond acceptors (Lipinski definition) is 6. The summed E-state index contributed by atoms with van der Waals surface area (Å²) in [7, 11) is 0. The Morgan fingerprint density at radius 1 is 0.269 bits per heavy atom. The molecule has 1 atom stereocenters. The predicted octanol–water partition coefficient (Wildman–Crippen LogP) is 22.8. The average Bonchev–Trinajstić information content (AvgIpc) is 3.44. The Labute approximate surface area is 483 Å². The minimum absolute atomic E-state index is 0.0823. The zero-order valence-corrected chi connectivity index (χ0v) is 51.4. The third kappa shape index (κ3) is 63.2. The third-order valence-corrected chi connectivity index (χ3v) is 14.3. The first-order valence-corrected chi connectivity index (χ1v) is 33.2. The van der Waals surface area contributed by atoms with Gasteiger partial charge in [0.05, 0.1) is 0 Å². The maximum atomic E-state index is 12.9. The summed E-state index contributed by atoms with van der Waals surface area (Å²) in [6.45, 7) is 6.53. The molecule has 0 aliphatic carbocycles. The molecule has 448 valence electrons. The van der Waals surface area contributed by atoms with Crippen molar-refractivity contribution in [1.82, 2.24) is 0 Å². The maximum absolute atomic E-state index is 12.9. The van der Waals surface area contributed by atoms with Gasteiger partial charge in [0.25, 0.3) is 0 Å². The zero-order valence-electron chi connectivity index (χ0n) is 51.4. The van der Waals surface area contributed by atoms with Crippen molar-refractivity contribution >= 4 is 17.9 Å². The van der Waals surface area contributed by atoms with Crippen LogP contribution in [0.5, 0.6) is 0 Å². The number of rotatable bonds is 60. The van der Waals surface area contributed by atoms with E-state index >= 15 is 0 Å². The molecule has 0 rings (SSSR count). The van der Waals surface area contributed by atoms with E-state index in [0.717, 1.165) is 116 Å². The predicted molar refractivity (Wildman–Crippen MR) is 339 cm³/mol. The van der Waals surface area contributed by atoms with Gasteiger partial charge in [-0.05, 0) is 103 Å². The van der Waals surface area contributed by atoms with Crippen LogP contribution in [0.15, 0.2) is 97.2 Å². The molecular weight excluding hydrogens is 961 g/mol. The van der Waals surface area contributed by atoms with Crippen LogP contribution >= 0.6 is 0 Å². The van der Waals surface area contributed by atoms with Crippen molar-refractivity contribution < 1.29 is 28.6 Å². The second kappa shape index (κ2) is 65.8. The fraction of sp³-hybridized carbons (Fsp3) is 0.736. The lowest BCUT2D eigenvalue weighted by molar-refractivity contribution is -0.167. The Balaban J connectivity index is 4.31. The molecule has 0 aliphatic rings. The van der Waals surface area contributed by atoms with Gasteiger partial charge in [0.15, 0.2) is 6.10 Å². The average molecular weight is 1090 g/mol. The second-order valence-electron chi connectivity index (χ2n) is 22.0. The summed E-state index contributed by atoms with van der Waals surface area (Å²) in [5.41, 5.74) is 0. The molecule has 0 aliphatic heterocycles. The number of esters is 3. The van der Waals surface area contributed by atoms with Crippen molar-refractivity contribution in [3.63, 3.8) is 0 Å². The molecule has 0 bridgehead atoms. The van der Waals surface area contributed by atoms with E-state index in [1.165, 1.54) is 167 Å². The van der Waals surface area contributed by atoms with Crippen molar-refractivity contribution in [2.45, 2.75) is 329 Å². The monoisotopic (exact) mass is 1080 g/mol. The van der Waals surface area contributed by atoms with Gasteiger partial charge in [-0.2, -0.15) is 0 Å². The number of carbonyl (C=O) groups is 3. The van der Waals surface area contributed by atoms with E-state index in [4.69, 9.17) is 14.2 Å². The van der Waals surface area contributed by atoms with E-state index < -0.39 is 6.10 Å². The Morgan fingerprint density at radius 2 is 0.500 bits per heavy atom. The van der Waals surface area contributed by atoms with Crippen molar-refractivity contribution in [3.05, 3.63) is 97.2 Å². The number of allylic oxidation sites excluding steroid dienone is 16. The normalized spacial score (nSPS) is 12.7. The standard InChI is InChI=1S/C72H124O6/c1-4-7-10-13-16-19-22-25-27-29-31-32-33-34-35-36-37-38-39-40-41-43-44-47-50-53-56-59-62-65-71(74)77-68-69(67-76-70(73)64-61-58-55-52-49-46-24-21-18-15-12-9-6-3)78-72(75)66-63-60-57-54-51-48-45-42-30-28-26-23-20-17-14-11-8-5-2/h7,10,16,19,21,24-25,27,31-32,34-35,37-38,40-41,69H,4-6,8-9,11-15,17-18,20,22-23,26,28-30,33,36,39,42-68H2,1-3H3/b10-7-,19-16-,24-21-,27-25-,32-31-,35-34-,38-37-,41-40-. The molecule has 1 unspecified atom stereocenters. The van der Waals surface area contributed by atoms with Crippen LogP contribution in [0.2, 0.25) is 0 Å². The molecule has 0 radical (unpaired) electrons. The lowest BCUT2D eigenvalue weighted by Gasteiger charge is -2.18. The lowest BCUT2D eigenvalue weighted by atomic mass is 10.0. The molecule has 0 aromatic heterocycles. The van der Waals surface area contributed by atoms with E-state index in [0.29, 0.717) is 19.3 Å². The van der Waals surface area contributed by atoms with Gasteiger partial charge in [0.1, 0.15) is 13.2 Å². The summed E-state index contributed by atoms with van der Waals surface area (Å²) in [5, 5.41) is 0. The highest BCUT2D eigenvalue weighted by Gasteiger charge is 2.19. The van der Waals surface area contributed by atoms with Crippen LogP contribution in [0.3, 0.4) is 0 Å². The maximum Gasteiger partial charge on any atom is 0.306 e. The van der Waals surface area contributed by atoms with Gasteiger partial charge >= 0.3 is 17.9 Å². The summed E-state index contributed by atoms with van der Waals surface area (Å²) in [5.74, 6) is -0.888. The number of carbonyl (C=O) groups excluding carboxylic acids is 3. The van der Waals surface area contributed by atoms with E-state index in [-0.39, 0.29) is 31.1 Å². The first-order chi connectivity index (χ1) is 38.5. The number of unbranched alkanes of at least 4 members (excludes halogenated alkanes) is 33. The molecule has 0 N–H and O–H groups in total. The highest BCUT2D eigenvalue weighted by atomic mass is 16.6. The molecule has 0 spiro atoms. The summed E-state index contributed by atoms with van der Waals surface area (Å²) >= 11 is 0. The first kappa shape index (κ1) is 74.3. The Hall–Kier alpha value is -3.67. The highest BCUT2D eigenvalue weighted by molar-refractivity contribution is 5.71. The van der Waals surface area contributed by atoms with Crippen molar-refractivity contribution in [1.29, 1.82) is 0 Å². The van der Waals surface area contributed by atoms with E-state index in [1.807, 2.05) is 0 Å². The number of ether oxygens (including phenoxy) is 3. The van der Waals surface area contributed by atoms with Crippen LogP contribution in [0, 0.1) is 0 Å². The first-order valence-electron chi connectivity index (χ1n) is 33.2. The minimum atomic E-state index is -0.785. The van der Waals surface area contributed by atoms with E-state index in [1.54, 1.807) is 0 Å². The SMILES string of the molecule is CC/C=C\C/C=C\C/C=C\C/C=C\C/C=C\C/C=C\C/C=C\CCCCCCCCCC(=O)OCC(COC(=O)CCCCCCC/C=C\CCCCCC)OC(=O)CCCCCCCCCCCCCCCCCCCC. The van der Waals surface area contributed by atoms with Crippen molar-refractivity contribution in [2.75, 3.05) is 13.2 Å². The molecule has 78 heavy (non-hydrogen) atoms. The van der Waals surface area contributed by atoms with Gasteiger partial charge in [-0.3, -0.25) is 14.4 Å². The fourth-order valence-electron chi connectivity index (χ4n) is 9.36. The fourth-order valence-corrected chi connectivity index (χ4v) is 9.36. The quantitative estimate of drug-likeness (QED) is 0.0261. The molecular formula is C72H124O6. The topological polar surface area (TPSA) is 78.9 Å². The molecule has 0 saturated carbocycles. The van der Waals surface area contributed by atoms with Crippen LogP contribution in [-0.2, 0) is 28.6 Å². The minimum Gasteiger partial charge on any atom is -0.462 e. The molecule has 0 amide bonds. The molecule has 6 nitrogen and oxygen atoms in total. The molecule has 0 saturated heterocycles. The van der Waals surface area contributed by atoms with Crippen LogP contribution in [0.1, 0.15) is 323 Å². The molecule has 0 aromatic carbocycles. The van der Waals surface area contributed by atoms with Gasteiger partial charge in [-0.1, -0.05) is 298 Å². The van der Waals surface area contributed by atoms with E-state index in [9.17, 15) is 14.4 Å². The summed E-state index contributed by atoms with van der Waals surface area (Å²) in [4.78, 5) is 38.3. The van der Waals surface area contributed by atoms with Gasteiger partial charge < -0.3 is 14.2 Å². The largest absolute Gasteiger partial charge is 0.462 e.